The van der Waals surface area contributed by atoms with Crippen LogP contribution in [0, 0.1) is 0 Å². The molecule has 0 atom stereocenters. The number of aliphatic imine (C=N–C) groups is 2. The highest BCUT2D eigenvalue weighted by Crippen LogP contribution is 1.92. The third-order valence-electron chi connectivity index (χ3n) is 1.40. The average Bonchev–Trinajstić information content (AvgIpc) is 1.94. The van der Waals surface area contributed by atoms with E-state index in [0.717, 1.165) is 30.5 Å². The van der Waals surface area contributed by atoms with Gasteiger partial charge in [-0.1, -0.05) is 0 Å². The number of nitrogens with zero attached hydrogens (tertiary/aromatic N) is 3. The molecule has 3 nitrogen and oxygen atoms in total. The molecule has 13 heavy (non-hydrogen) atoms. The van der Waals surface area contributed by atoms with E-state index in [9.17, 15) is 0 Å². The summed E-state index contributed by atoms with van der Waals surface area (Å²) < 4.78 is 1.00. The van der Waals surface area contributed by atoms with Gasteiger partial charge < -0.3 is 4.48 Å². The summed E-state index contributed by atoms with van der Waals surface area (Å²) >= 11 is 0. The first-order valence-corrected chi connectivity index (χ1v) is 4.44. The molecule has 0 heterocycles. The predicted molar refractivity (Wildman–Crippen MR) is 60.0 cm³/mol. The van der Waals surface area contributed by atoms with Gasteiger partial charge in [-0.2, -0.15) is 0 Å². The molecule has 0 radical (unpaired) electrons. The van der Waals surface area contributed by atoms with Gasteiger partial charge in [0, 0.05) is 13.0 Å². The van der Waals surface area contributed by atoms with Crippen LogP contribution in [0.15, 0.2) is 9.98 Å². The van der Waals surface area contributed by atoms with E-state index in [-0.39, 0.29) is 12.4 Å². The summed E-state index contributed by atoms with van der Waals surface area (Å²) in [6, 6.07) is 2.66. The first-order valence-electron chi connectivity index (χ1n) is 4.44. The molecular weight excluding hydrogens is 186 g/mol. The monoisotopic (exact) mass is 206 g/mol. The van der Waals surface area contributed by atoms with E-state index in [4.69, 9.17) is 0 Å². The molecule has 0 aromatic carbocycles. The molecule has 78 valence electrons. The SMILES string of the molecule is CCN=C=NCCC[N+](C)(C)C.Cl. The van der Waals surface area contributed by atoms with Gasteiger partial charge in [0.15, 0.2) is 0 Å². The normalized spacial score (nSPS) is 9.85. The summed E-state index contributed by atoms with van der Waals surface area (Å²) in [5.74, 6) is 0. The molecule has 0 saturated carbocycles. The molecule has 0 bridgehead atoms. The van der Waals surface area contributed by atoms with Crippen molar-refractivity contribution in [3.63, 3.8) is 0 Å². The molecule has 0 aliphatic heterocycles. The Kier molecular flexibility index (Phi) is 9.58. The summed E-state index contributed by atoms with van der Waals surface area (Å²) in [5.41, 5.74) is 0. The smallest absolute Gasteiger partial charge is 0.0892 e. The highest BCUT2D eigenvalue weighted by Gasteiger charge is 2.04. The zero-order valence-corrected chi connectivity index (χ0v) is 9.89. The van der Waals surface area contributed by atoms with Crippen LogP contribution in [0.1, 0.15) is 13.3 Å². The maximum atomic E-state index is 4.04. The van der Waals surface area contributed by atoms with Gasteiger partial charge in [-0.3, -0.25) is 0 Å². The van der Waals surface area contributed by atoms with Crippen LogP contribution in [-0.4, -0.2) is 51.3 Å². The lowest BCUT2D eigenvalue weighted by Gasteiger charge is -2.22. The summed E-state index contributed by atoms with van der Waals surface area (Å²) in [5, 5.41) is 0. The van der Waals surface area contributed by atoms with Crippen LogP contribution in [0.3, 0.4) is 0 Å². The number of rotatable bonds is 5. The fourth-order valence-electron chi connectivity index (χ4n) is 0.795. The molecule has 0 saturated heterocycles. The Morgan fingerprint density at radius 3 is 2.23 bits per heavy atom. The van der Waals surface area contributed by atoms with Crippen LogP contribution in [0.25, 0.3) is 0 Å². The van der Waals surface area contributed by atoms with Gasteiger partial charge in [-0.25, -0.2) is 9.98 Å². The second-order valence-corrected chi connectivity index (χ2v) is 3.82. The van der Waals surface area contributed by atoms with Crippen LogP contribution in [0.4, 0.5) is 0 Å². The largest absolute Gasteiger partial charge is 0.331 e. The quantitative estimate of drug-likeness (QED) is 0.372. The summed E-state index contributed by atoms with van der Waals surface area (Å²) in [6.07, 6.45) is 1.11. The lowest BCUT2D eigenvalue weighted by atomic mass is 10.4. The maximum absolute atomic E-state index is 4.04. The third kappa shape index (κ3) is 14.5. The van der Waals surface area contributed by atoms with Crippen molar-refractivity contribution >= 4 is 18.4 Å². The fraction of sp³-hybridized carbons (Fsp3) is 0.889. The molecule has 0 rings (SSSR count). The summed E-state index contributed by atoms with van der Waals surface area (Å²) in [7, 11) is 6.55. The second-order valence-electron chi connectivity index (χ2n) is 3.82. The topological polar surface area (TPSA) is 24.7 Å². The molecule has 0 aliphatic carbocycles. The van der Waals surface area contributed by atoms with E-state index >= 15 is 0 Å². The third-order valence-corrected chi connectivity index (χ3v) is 1.40. The standard InChI is InChI=1S/C9H20N3.ClH/c1-5-10-9-11-7-6-8-12(2,3)4;/h5-8H2,1-4H3;1H/q+1;. The van der Waals surface area contributed by atoms with E-state index in [2.05, 4.69) is 37.1 Å². The number of hydrogen-bond donors (Lipinski definition) is 0. The molecule has 0 aromatic heterocycles. The maximum Gasteiger partial charge on any atom is 0.0892 e. The molecule has 0 N–H and O–H groups in total. The highest BCUT2D eigenvalue weighted by atomic mass is 35.5. The van der Waals surface area contributed by atoms with Crippen molar-refractivity contribution in [1.29, 1.82) is 0 Å². The van der Waals surface area contributed by atoms with Crippen molar-refractivity contribution in [2.75, 3.05) is 40.8 Å². The van der Waals surface area contributed by atoms with Gasteiger partial charge in [-0.05, 0) is 6.92 Å². The van der Waals surface area contributed by atoms with Crippen LogP contribution >= 0.6 is 12.4 Å². The van der Waals surface area contributed by atoms with Crippen LogP contribution in [-0.2, 0) is 0 Å². The number of quaternary nitrogens is 1. The van der Waals surface area contributed by atoms with E-state index in [0.29, 0.717) is 0 Å². The Labute approximate surface area is 87.6 Å². The summed E-state index contributed by atoms with van der Waals surface area (Å²) in [6.45, 7) is 4.75. The lowest BCUT2D eigenvalue weighted by Crippen LogP contribution is -2.35. The predicted octanol–water partition coefficient (Wildman–Crippen LogP) is 1.70. The van der Waals surface area contributed by atoms with E-state index in [1.807, 2.05) is 6.92 Å². The van der Waals surface area contributed by atoms with Crippen molar-refractivity contribution in [2.45, 2.75) is 13.3 Å². The number of hydrogen-bond acceptors (Lipinski definition) is 2. The zero-order chi connectivity index (χ0) is 9.45. The fourth-order valence-corrected chi connectivity index (χ4v) is 0.795. The van der Waals surface area contributed by atoms with Gasteiger partial charge in [0.25, 0.3) is 0 Å². The Morgan fingerprint density at radius 2 is 1.77 bits per heavy atom. The van der Waals surface area contributed by atoms with E-state index < -0.39 is 0 Å². The summed E-state index contributed by atoms with van der Waals surface area (Å²) in [4.78, 5) is 7.92. The Bertz CT molecular complexity index is 166. The first-order chi connectivity index (χ1) is 5.56. The zero-order valence-electron chi connectivity index (χ0n) is 9.08. The first kappa shape index (κ1) is 15.1. The molecule has 0 aromatic rings. The molecular formula is C9H21ClN3+. The minimum Gasteiger partial charge on any atom is -0.331 e. The highest BCUT2D eigenvalue weighted by molar-refractivity contribution is 5.85. The van der Waals surface area contributed by atoms with Crippen LogP contribution < -0.4 is 0 Å². The van der Waals surface area contributed by atoms with Crippen LogP contribution in [0.5, 0.6) is 0 Å². The van der Waals surface area contributed by atoms with E-state index in [1.165, 1.54) is 0 Å². The lowest BCUT2D eigenvalue weighted by molar-refractivity contribution is -0.870. The van der Waals surface area contributed by atoms with Gasteiger partial charge in [-0.15, -0.1) is 12.4 Å². The Hall–Kier alpha value is -0.370. The second kappa shape index (κ2) is 8.24. The molecule has 0 fully saturated rings. The van der Waals surface area contributed by atoms with Gasteiger partial charge in [0.05, 0.1) is 40.2 Å². The molecule has 0 unspecified atom stereocenters. The van der Waals surface area contributed by atoms with Crippen molar-refractivity contribution in [3.8, 4) is 0 Å². The Balaban J connectivity index is 0. The average molecular weight is 207 g/mol. The Morgan fingerprint density at radius 1 is 1.15 bits per heavy atom. The van der Waals surface area contributed by atoms with Crippen molar-refractivity contribution in [3.05, 3.63) is 0 Å². The molecule has 0 aliphatic rings. The van der Waals surface area contributed by atoms with Crippen molar-refractivity contribution in [1.82, 2.24) is 0 Å². The molecule has 4 heteroatoms. The van der Waals surface area contributed by atoms with Gasteiger partial charge in [0.2, 0.25) is 0 Å². The van der Waals surface area contributed by atoms with Crippen molar-refractivity contribution < 1.29 is 4.48 Å². The minimum atomic E-state index is 0. The van der Waals surface area contributed by atoms with Gasteiger partial charge >= 0.3 is 0 Å². The number of halogens is 1. The van der Waals surface area contributed by atoms with Crippen LogP contribution in [0.2, 0.25) is 0 Å². The molecule has 0 spiro atoms. The van der Waals surface area contributed by atoms with Crippen molar-refractivity contribution in [2.24, 2.45) is 9.98 Å². The molecule has 0 amide bonds. The van der Waals surface area contributed by atoms with E-state index in [1.54, 1.807) is 0 Å². The minimum absolute atomic E-state index is 0. The van der Waals surface area contributed by atoms with Gasteiger partial charge in [0.1, 0.15) is 0 Å².